The zero-order valence-corrected chi connectivity index (χ0v) is 12.6. The van der Waals surface area contributed by atoms with Gasteiger partial charge in [-0.25, -0.2) is 9.78 Å². The summed E-state index contributed by atoms with van der Waals surface area (Å²) in [5, 5.41) is 5.57. The number of hydrogen-bond donors (Lipinski definition) is 1. The summed E-state index contributed by atoms with van der Waals surface area (Å²) in [4.78, 5) is 19.9. The number of anilines is 1. The van der Waals surface area contributed by atoms with Gasteiger partial charge in [-0.2, -0.15) is 0 Å². The second kappa shape index (κ2) is 6.36. The molecule has 0 fully saturated rings. The zero-order valence-electron chi connectivity index (χ0n) is 11.8. The molecule has 6 heteroatoms. The van der Waals surface area contributed by atoms with E-state index in [-0.39, 0.29) is 0 Å². The van der Waals surface area contributed by atoms with Crippen molar-refractivity contribution in [1.29, 1.82) is 0 Å². The highest BCUT2D eigenvalue weighted by Crippen LogP contribution is 2.29. The fraction of sp³-hybridized carbons (Fsp3) is 0.0625. The number of ether oxygens (including phenoxy) is 1. The number of thiazole rings is 1. The molecule has 2 heterocycles. The van der Waals surface area contributed by atoms with Crippen LogP contribution in [0.1, 0.15) is 0 Å². The van der Waals surface area contributed by atoms with Gasteiger partial charge in [-0.1, -0.05) is 12.1 Å². The molecule has 0 spiro atoms. The highest BCUT2D eigenvalue weighted by atomic mass is 32.1. The molecule has 3 aromatic rings. The number of pyridine rings is 1. The quantitative estimate of drug-likeness (QED) is 0.792. The third-order valence-electron chi connectivity index (χ3n) is 3.02. The van der Waals surface area contributed by atoms with Gasteiger partial charge in [0, 0.05) is 34.6 Å². The van der Waals surface area contributed by atoms with Crippen LogP contribution in [-0.2, 0) is 4.74 Å². The molecule has 3 rings (SSSR count). The van der Waals surface area contributed by atoms with Gasteiger partial charge in [0.15, 0.2) is 0 Å². The van der Waals surface area contributed by atoms with Crippen LogP contribution in [0.4, 0.5) is 10.5 Å². The lowest BCUT2D eigenvalue weighted by Gasteiger charge is -2.04. The largest absolute Gasteiger partial charge is 0.453 e. The van der Waals surface area contributed by atoms with Crippen molar-refractivity contribution in [2.45, 2.75) is 0 Å². The minimum absolute atomic E-state index is 0.493. The Morgan fingerprint density at radius 3 is 2.77 bits per heavy atom. The van der Waals surface area contributed by atoms with Crippen molar-refractivity contribution in [2.24, 2.45) is 0 Å². The van der Waals surface area contributed by atoms with Gasteiger partial charge in [0.05, 0.1) is 12.8 Å². The van der Waals surface area contributed by atoms with E-state index in [1.54, 1.807) is 29.8 Å². The molecule has 0 aliphatic rings. The van der Waals surface area contributed by atoms with Crippen molar-refractivity contribution in [1.82, 2.24) is 9.97 Å². The van der Waals surface area contributed by atoms with Crippen molar-refractivity contribution in [3.05, 3.63) is 54.2 Å². The molecule has 0 atom stereocenters. The van der Waals surface area contributed by atoms with Crippen LogP contribution in [-0.4, -0.2) is 23.2 Å². The van der Waals surface area contributed by atoms with Crippen molar-refractivity contribution >= 4 is 23.1 Å². The number of aromatic nitrogens is 2. The SMILES string of the molecule is COC(=O)Nc1cccc(-c2csc(-c3ccncc3)n2)c1. The van der Waals surface area contributed by atoms with Crippen LogP contribution in [0.15, 0.2) is 54.2 Å². The van der Waals surface area contributed by atoms with Gasteiger partial charge in [0.1, 0.15) is 5.01 Å². The number of carbonyl (C=O) groups is 1. The number of nitrogens with one attached hydrogen (secondary N) is 1. The number of benzene rings is 1. The average Bonchev–Trinajstić information content (AvgIpc) is 3.06. The van der Waals surface area contributed by atoms with E-state index >= 15 is 0 Å². The molecule has 0 unspecified atom stereocenters. The summed E-state index contributed by atoms with van der Waals surface area (Å²) in [5.41, 5.74) is 3.51. The molecule has 0 bridgehead atoms. The van der Waals surface area contributed by atoms with E-state index in [0.717, 1.165) is 21.8 Å². The third kappa shape index (κ3) is 3.12. The molecule has 0 saturated carbocycles. The lowest BCUT2D eigenvalue weighted by Crippen LogP contribution is -2.10. The maximum Gasteiger partial charge on any atom is 0.411 e. The van der Waals surface area contributed by atoms with Crippen LogP contribution in [0.3, 0.4) is 0 Å². The van der Waals surface area contributed by atoms with E-state index in [1.165, 1.54) is 7.11 Å². The first-order chi connectivity index (χ1) is 10.8. The van der Waals surface area contributed by atoms with E-state index in [1.807, 2.05) is 35.7 Å². The number of methoxy groups -OCH3 is 1. The Balaban J connectivity index is 1.87. The van der Waals surface area contributed by atoms with Gasteiger partial charge in [-0.05, 0) is 24.3 Å². The molecule has 22 heavy (non-hydrogen) atoms. The smallest absolute Gasteiger partial charge is 0.411 e. The summed E-state index contributed by atoms with van der Waals surface area (Å²) in [6.07, 6.45) is 3.00. The van der Waals surface area contributed by atoms with Crippen molar-refractivity contribution in [3.63, 3.8) is 0 Å². The van der Waals surface area contributed by atoms with E-state index in [2.05, 4.69) is 20.0 Å². The molecule has 0 aliphatic carbocycles. The summed E-state index contributed by atoms with van der Waals surface area (Å²) in [6, 6.07) is 11.3. The monoisotopic (exact) mass is 311 g/mol. The van der Waals surface area contributed by atoms with Crippen LogP contribution < -0.4 is 5.32 Å². The lowest BCUT2D eigenvalue weighted by atomic mass is 10.1. The number of carbonyl (C=O) groups excluding carboxylic acids is 1. The second-order valence-electron chi connectivity index (χ2n) is 4.47. The molecular weight excluding hydrogens is 298 g/mol. The van der Waals surface area contributed by atoms with Gasteiger partial charge in [-0.3, -0.25) is 10.3 Å². The Bertz CT molecular complexity index is 787. The Kier molecular flexibility index (Phi) is 4.11. The maximum atomic E-state index is 11.3. The molecule has 1 N–H and O–H groups in total. The molecule has 5 nitrogen and oxygen atoms in total. The highest BCUT2D eigenvalue weighted by molar-refractivity contribution is 7.13. The van der Waals surface area contributed by atoms with Crippen LogP contribution >= 0.6 is 11.3 Å². The Morgan fingerprint density at radius 2 is 2.00 bits per heavy atom. The van der Waals surface area contributed by atoms with E-state index < -0.39 is 6.09 Å². The first kappa shape index (κ1) is 14.2. The summed E-state index contributed by atoms with van der Waals surface area (Å²) in [6.45, 7) is 0. The minimum atomic E-state index is -0.493. The summed E-state index contributed by atoms with van der Waals surface area (Å²) in [5.74, 6) is 0. The summed E-state index contributed by atoms with van der Waals surface area (Å²) in [7, 11) is 1.33. The van der Waals surface area contributed by atoms with Crippen LogP contribution in [0.2, 0.25) is 0 Å². The highest BCUT2D eigenvalue weighted by Gasteiger charge is 2.08. The Morgan fingerprint density at radius 1 is 1.18 bits per heavy atom. The predicted molar refractivity (Wildman–Crippen MR) is 86.8 cm³/mol. The number of nitrogens with zero attached hydrogens (tertiary/aromatic N) is 2. The minimum Gasteiger partial charge on any atom is -0.453 e. The van der Waals surface area contributed by atoms with Gasteiger partial charge in [-0.15, -0.1) is 11.3 Å². The fourth-order valence-corrected chi connectivity index (χ4v) is 2.79. The molecule has 110 valence electrons. The number of hydrogen-bond acceptors (Lipinski definition) is 5. The van der Waals surface area contributed by atoms with Gasteiger partial charge in [0.25, 0.3) is 0 Å². The Hall–Kier alpha value is -2.73. The van der Waals surface area contributed by atoms with Crippen molar-refractivity contribution in [2.75, 3.05) is 12.4 Å². The molecule has 1 amide bonds. The zero-order chi connectivity index (χ0) is 15.4. The first-order valence-corrected chi connectivity index (χ1v) is 7.45. The molecule has 0 aliphatic heterocycles. The molecule has 0 radical (unpaired) electrons. The lowest BCUT2D eigenvalue weighted by molar-refractivity contribution is 0.187. The van der Waals surface area contributed by atoms with Crippen molar-refractivity contribution in [3.8, 4) is 21.8 Å². The van der Waals surface area contributed by atoms with Gasteiger partial charge < -0.3 is 4.74 Å². The van der Waals surface area contributed by atoms with Crippen LogP contribution in [0, 0.1) is 0 Å². The van der Waals surface area contributed by atoms with E-state index in [4.69, 9.17) is 0 Å². The van der Waals surface area contributed by atoms with Gasteiger partial charge in [0.2, 0.25) is 0 Å². The normalized spacial score (nSPS) is 10.2. The van der Waals surface area contributed by atoms with E-state index in [0.29, 0.717) is 5.69 Å². The molecule has 1 aromatic carbocycles. The third-order valence-corrected chi connectivity index (χ3v) is 3.91. The van der Waals surface area contributed by atoms with E-state index in [9.17, 15) is 4.79 Å². The average molecular weight is 311 g/mol. The topological polar surface area (TPSA) is 64.1 Å². The molecular formula is C16H13N3O2S. The first-order valence-electron chi connectivity index (χ1n) is 6.57. The predicted octanol–water partition coefficient (Wildman–Crippen LogP) is 4.05. The second-order valence-corrected chi connectivity index (χ2v) is 5.33. The summed E-state index contributed by atoms with van der Waals surface area (Å²) >= 11 is 1.57. The Labute approximate surface area is 131 Å². The molecule has 2 aromatic heterocycles. The summed E-state index contributed by atoms with van der Waals surface area (Å²) < 4.78 is 4.59. The fourth-order valence-electron chi connectivity index (χ4n) is 1.96. The van der Waals surface area contributed by atoms with Gasteiger partial charge >= 0.3 is 6.09 Å². The van der Waals surface area contributed by atoms with Crippen LogP contribution in [0.5, 0.6) is 0 Å². The standard InChI is InChI=1S/C16H13N3O2S/c1-21-16(20)18-13-4-2-3-12(9-13)14-10-22-15(19-14)11-5-7-17-8-6-11/h2-10H,1H3,(H,18,20). The van der Waals surface area contributed by atoms with Crippen LogP contribution in [0.25, 0.3) is 21.8 Å². The number of rotatable bonds is 3. The maximum absolute atomic E-state index is 11.3. The number of amides is 1. The van der Waals surface area contributed by atoms with Crippen molar-refractivity contribution < 1.29 is 9.53 Å². The molecule has 0 saturated heterocycles.